The van der Waals surface area contributed by atoms with Crippen molar-refractivity contribution >= 4 is 23.3 Å². The summed E-state index contributed by atoms with van der Waals surface area (Å²) in [6.45, 7) is 1.40. The topological polar surface area (TPSA) is 63.2 Å². The molecule has 0 saturated heterocycles. The van der Waals surface area contributed by atoms with Crippen molar-refractivity contribution in [2.24, 2.45) is 0 Å². The minimum Gasteiger partial charge on any atom is -0.491 e. The number of fused-ring (bicyclic) bond motifs is 2. The van der Waals surface area contributed by atoms with Crippen LogP contribution in [0.1, 0.15) is 23.2 Å². The third-order valence-corrected chi connectivity index (χ3v) is 4.83. The van der Waals surface area contributed by atoms with Gasteiger partial charge in [-0.15, -0.1) is 0 Å². The Hall–Kier alpha value is -2.27. The summed E-state index contributed by atoms with van der Waals surface area (Å²) in [5.74, 6) is 1.69. The molecule has 3 heterocycles. The summed E-state index contributed by atoms with van der Waals surface area (Å²) in [5, 5.41) is 7.01. The smallest absolute Gasteiger partial charge is 0.226 e. The zero-order valence-corrected chi connectivity index (χ0v) is 14.6. The first-order chi connectivity index (χ1) is 12.2. The van der Waals surface area contributed by atoms with Gasteiger partial charge in [0.15, 0.2) is 0 Å². The zero-order valence-electron chi connectivity index (χ0n) is 13.8. The molecule has 0 fully saturated rings. The van der Waals surface area contributed by atoms with Crippen molar-refractivity contribution in [3.63, 3.8) is 0 Å². The van der Waals surface area contributed by atoms with Crippen LogP contribution in [0.5, 0.6) is 5.75 Å². The molecule has 6 heteroatoms. The molecule has 2 aliphatic heterocycles. The maximum Gasteiger partial charge on any atom is 0.226 e. The maximum atomic E-state index is 12.4. The maximum absolute atomic E-state index is 12.4. The highest BCUT2D eigenvalue weighted by Crippen LogP contribution is 2.28. The fraction of sp³-hybridized carbons (Fsp3) is 0.368. The SMILES string of the molecule is O=C(Cc1ccc2c(n1)NCCC2)NC1COc2cc(Cl)ccc2C1. The van der Waals surface area contributed by atoms with E-state index in [1.807, 2.05) is 24.3 Å². The molecule has 4 rings (SSSR count). The van der Waals surface area contributed by atoms with Gasteiger partial charge in [0.2, 0.25) is 5.91 Å². The highest BCUT2D eigenvalue weighted by atomic mass is 35.5. The molecule has 0 spiro atoms. The van der Waals surface area contributed by atoms with E-state index in [9.17, 15) is 4.79 Å². The summed E-state index contributed by atoms with van der Waals surface area (Å²) in [6, 6.07) is 9.60. The number of amides is 1. The van der Waals surface area contributed by atoms with Crippen LogP contribution in [0.25, 0.3) is 0 Å². The molecule has 5 nitrogen and oxygen atoms in total. The molecule has 1 unspecified atom stereocenters. The normalized spacial score (nSPS) is 18.4. The molecule has 130 valence electrons. The second-order valence-corrected chi connectivity index (χ2v) is 6.99. The van der Waals surface area contributed by atoms with Crippen molar-refractivity contribution in [1.82, 2.24) is 10.3 Å². The Morgan fingerprint density at radius 1 is 1.32 bits per heavy atom. The molecule has 1 atom stereocenters. The van der Waals surface area contributed by atoms with Crippen LogP contribution in [-0.4, -0.2) is 30.1 Å². The van der Waals surface area contributed by atoms with E-state index in [0.29, 0.717) is 11.6 Å². The lowest BCUT2D eigenvalue weighted by Gasteiger charge is -2.26. The second kappa shape index (κ2) is 6.92. The number of rotatable bonds is 3. The third kappa shape index (κ3) is 3.71. The number of pyridine rings is 1. The molecule has 2 N–H and O–H groups in total. The number of nitrogens with one attached hydrogen (secondary N) is 2. The van der Waals surface area contributed by atoms with Gasteiger partial charge in [0.1, 0.15) is 18.2 Å². The van der Waals surface area contributed by atoms with Crippen LogP contribution in [-0.2, 0) is 24.1 Å². The van der Waals surface area contributed by atoms with Gasteiger partial charge in [0.25, 0.3) is 0 Å². The summed E-state index contributed by atoms with van der Waals surface area (Å²) in [6.07, 6.45) is 3.20. The van der Waals surface area contributed by atoms with Crippen LogP contribution in [0.4, 0.5) is 5.82 Å². The van der Waals surface area contributed by atoms with Gasteiger partial charge in [0.05, 0.1) is 18.2 Å². The predicted octanol–water partition coefficient (Wildman–Crippen LogP) is 2.76. The second-order valence-electron chi connectivity index (χ2n) is 6.55. The Morgan fingerprint density at radius 3 is 3.12 bits per heavy atom. The molecule has 1 aromatic carbocycles. The standard InChI is InChI=1S/C19H20ClN3O2/c20-14-5-3-13-8-16(11-25-17(13)9-14)22-18(24)10-15-6-4-12-2-1-7-21-19(12)23-15/h3-6,9,16H,1-2,7-8,10-11H2,(H,21,23)(H,22,24). The van der Waals surface area contributed by atoms with E-state index >= 15 is 0 Å². The lowest BCUT2D eigenvalue weighted by Crippen LogP contribution is -2.43. The molecule has 25 heavy (non-hydrogen) atoms. The van der Waals surface area contributed by atoms with E-state index in [2.05, 4.69) is 21.7 Å². The Morgan fingerprint density at radius 2 is 2.20 bits per heavy atom. The monoisotopic (exact) mass is 357 g/mol. The molecule has 1 aromatic heterocycles. The van der Waals surface area contributed by atoms with Crippen molar-refractivity contribution in [2.45, 2.75) is 31.7 Å². The first-order valence-corrected chi connectivity index (χ1v) is 8.98. The van der Waals surface area contributed by atoms with Crippen LogP contribution >= 0.6 is 11.6 Å². The van der Waals surface area contributed by atoms with Crippen LogP contribution in [0.3, 0.4) is 0 Å². The number of aryl methyl sites for hydroxylation is 1. The largest absolute Gasteiger partial charge is 0.491 e. The van der Waals surface area contributed by atoms with Crippen LogP contribution in [0.2, 0.25) is 5.02 Å². The summed E-state index contributed by atoms with van der Waals surface area (Å²) >= 11 is 5.98. The number of carbonyl (C=O) groups excluding carboxylic acids is 1. The number of anilines is 1. The molecule has 1 amide bonds. The number of hydrogen-bond donors (Lipinski definition) is 2. The molecule has 2 aromatic rings. The van der Waals surface area contributed by atoms with Crippen molar-refractivity contribution in [3.05, 3.63) is 52.2 Å². The first kappa shape index (κ1) is 16.2. The van der Waals surface area contributed by atoms with Crippen molar-refractivity contribution in [3.8, 4) is 5.75 Å². The Kier molecular flexibility index (Phi) is 4.49. The fourth-order valence-electron chi connectivity index (χ4n) is 3.35. The lowest BCUT2D eigenvalue weighted by molar-refractivity contribution is -0.121. The van der Waals surface area contributed by atoms with Gasteiger partial charge >= 0.3 is 0 Å². The molecular weight excluding hydrogens is 338 g/mol. The zero-order chi connectivity index (χ0) is 17.2. The van der Waals surface area contributed by atoms with Gasteiger partial charge in [-0.2, -0.15) is 0 Å². The quantitative estimate of drug-likeness (QED) is 0.886. The van der Waals surface area contributed by atoms with Gasteiger partial charge in [0, 0.05) is 11.6 Å². The molecular formula is C19H20ClN3O2. The highest BCUT2D eigenvalue weighted by Gasteiger charge is 2.22. The summed E-state index contributed by atoms with van der Waals surface area (Å²) in [5.41, 5.74) is 3.08. The molecule has 2 aliphatic rings. The van der Waals surface area contributed by atoms with Crippen molar-refractivity contribution < 1.29 is 9.53 Å². The third-order valence-electron chi connectivity index (χ3n) is 4.59. The number of ether oxygens (including phenoxy) is 1. The van der Waals surface area contributed by atoms with E-state index in [-0.39, 0.29) is 18.4 Å². The van der Waals surface area contributed by atoms with E-state index in [4.69, 9.17) is 16.3 Å². The number of hydrogen-bond acceptors (Lipinski definition) is 4. The van der Waals surface area contributed by atoms with Gasteiger partial charge in [-0.25, -0.2) is 4.98 Å². The highest BCUT2D eigenvalue weighted by molar-refractivity contribution is 6.30. The van der Waals surface area contributed by atoms with E-state index in [1.165, 1.54) is 5.56 Å². The minimum absolute atomic E-state index is 0.0306. The molecule has 0 bridgehead atoms. The van der Waals surface area contributed by atoms with Crippen molar-refractivity contribution in [1.29, 1.82) is 0 Å². The van der Waals surface area contributed by atoms with Gasteiger partial charge in [-0.05, 0) is 48.6 Å². The Bertz CT molecular complexity index is 809. The average Bonchev–Trinajstić information content (AvgIpc) is 2.61. The van der Waals surface area contributed by atoms with Crippen molar-refractivity contribution in [2.75, 3.05) is 18.5 Å². The number of benzene rings is 1. The van der Waals surface area contributed by atoms with Gasteiger partial charge in [-0.1, -0.05) is 23.7 Å². The van der Waals surface area contributed by atoms with Gasteiger partial charge in [-0.3, -0.25) is 4.79 Å². The summed E-state index contributed by atoms with van der Waals surface area (Å²) in [4.78, 5) is 16.9. The Balaban J connectivity index is 1.37. The molecule has 0 aliphatic carbocycles. The molecule has 0 radical (unpaired) electrons. The fourth-order valence-corrected chi connectivity index (χ4v) is 3.51. The predicted molar refractivity (Wildman–Crippen MR) is 97.3 cm³/mol. The van der Waals surface area contributed by atoms with Crippen LogP contribution < -0.4 is 15.4 Å². The first-order valence-electron chi connectivity index (χ1n) is 8.60. The summed E-state index contributed by atoms with van der Waals surface area (Å²) in [7, 11) is 0. The van der Waals surface area contributed by atoms with Gasteiger partial charge < -0.3 is 15.4 Å². The van der Waals surface area contributed by atoms with Crippen LogP contribution in [0, 0.1) is 0 Å². The average molecular weight is 358 g/mol. The molecule has 0 saturated carbocycles. The number of aromatic nitrogens is 1. The van der Waals surface area contributed by atoms with Crippen LogP contribution in [0.15, 0.2) is 30.3 Å². The van der Waals surface area contributed by atoms with E-state index in [1.54, 1.807) is 0 Å². The number of halogens is 1. The number of nitrogens with zero attached hydrogens (tertiary/aromatic N) is 1. The minimum atomic E-state index is -0.0331. The lowest BCUT2D eigenvalue weighted by atomic mass is 10.0. The number of carbonyl (C=O) groups is 1. The van der Waals surface area contributed by atoms with E-state index < -0.39 is 0 Å². The Labute approximate surface area is 151 Å². The van der Waals surface area contributed by atoms with E-state index in [0.717, 1.165) is 48.6 Å². The summed E-state index contributed by atoms with van der Waals surface area (Å²) < 4.78 is 5.72.